The molecule has 1 unspecified atom stereocenters. The lowest BCUT2D eigenvalue weighted by molar-refractivity contribution is -0.137. The van der Waals surface area contributed by atoms with E-state index in [0.29, 0.717) is 12.5 Å². The number of likely N-dealkylation sites (tertiary alicyclic amines) is 1. The molecule has 3 aliphatic rings. The first-order valence-corrected chi connectivity index (χ1v) is 10.0. The molecule has 5 nitrogen and oxygen atoms in total. The summed E-state index contributed by atoms with van der Waals surface area (Å²) in [7, 11) is 0. The van der Waals surface area contributed by atoms with Gasteiger partial charge in [-0.25, -0.2) is 4.98 Å². The summed E-state index contributed by atoms with van der Waals surface area (Å²) in [6, 6.07) is 5.60. The molecule has 130 valence electrons. The van der Waals surface area contributed by atoms with Gasteiger partial charge in [-0.1, -0.05) is 0 Å². The van der Waals surface area contributed by atoms with Gasteiger partial charge >= 0.3 is 0 Å². The Bertz CT molecular complexity index is 853. The van der Waals surface area contributed by atoms with Crippen LogP contribution in [0.1, 0.15) is 49.5 Å². The minimum atomic E-state index is -0.313. The highest BCUT2D eigenvalue weighted by atomic mass is 32.1. The van der Waals surface area contributed by atoms with Gasteiger partial charge in [0.2, 0.25) is 11.8 Å². The molecule has 0 bridgehead atoms. The van der Waals surface area contributed by atoms with E-state index in [1.54, 1.807) is 16.2 Å². The zero-order valence-electron chi connectivity index (χ0n) is 14.0. The second-order valence-corrected chi connectivity index (χ2v) is 8.52. The SMILES string of the molecule is O=C(Nc1ccc2nc(C3CC3)sc2c1)C1CCCN1C(=O)C1CC1. The van der Waals surface area contributed by atoms with Crippen LogP contribution in [0.4, 0.5) is 5.69 Å². The Morgan fingerprint density at radius 2 is 2.00 bits per heavy atom. The van der Waals surface area contributed by atoms with Gasteiger partial charge in [0, 0.05) is 24.1 Å². The van der Waals surface area contributed by atoms with E-state index in [-0.39, 0.29) is 23.8 Å². The molecular formula is C19H21N3O2S. The minimum Gasteiger partial charge on any atom is -0.330 e. The van der Waals surface area contributed by atoms with Gasteiger partial charge in [-0.2, -0.15) is 0 Å². The number of thiazole rings is 1. The smallest absolute Gasteiger partial charge is 0.247 e. The highest BCUT2D eigenvalue weighted by Gasteiger charge is 2.40. The summed E-state index contributed by atoms with van der Waals surface area (Å²) < 4.78 is 1.12. The van der Waals surface area contributed by atoms with E-state index in [4.69, 9.17) is 0 Å². The third-order valence-corrected chi connectivity index (χ3v) is 6.54. The van der Waals surface area contributed by atoms with Gasteiger partial charge in [0.05, 0.1) is 15.2 Å². The number of hydrogen-bond acceptors (Lipinski definition) is 4. The van der Waals surface area contributed by atoms with Gasteiger partial charge in [-0.05, 0) is 56.7 Å². The average Bonchev–Trinajstić information content (AvgIpc) is 3.53. The molecule has 1 saturated heterocycles. The van der Waals surface area contributed by atoms with Crippen molar-refractivity contribution in [1.82, 2.24) is 9.88 Å². The molecule has 2 heterocycles. The number of aromatic nitrogens is 1. The number of carbonyl (C=O) groups is 2. The number of anilines is 1. The van der Waals surface area contributed by atoms with Crippen LogP contribution in [0, 0.1) is 5.92 Å². The largest absolute Gasteiger partial charge is 0.330 e. The molecule has 0 spiro atoms. The monoisotopic (exact) mass is 355 g/mol. The van der Waals surface area contributed by atoms with Crippen LogP contribution in [-0.2, 0) is 9.59 Å². The molecular weight excluding hydrogens is 334 g/mol. The van der Waals surface area contributed by atoms with Crippen molar-refractivity contribution in [2.45, 2.75) is 50.5 Å². The maximum absolute atomic E-state index is 12.7. The van der Waals surface area contributed by atoms with E-state index in [9.17, 15) is 9.59 Å². The highest BCUT2D eigenvalue weighted by molar-refractivity contribution is 7.18. The molecule has 6 heteroatoms. The summed E-state index contributed by atoms with van der Waals surface area (Å²) in [4.78, 5) is 31.6. The fraction of sp³-hybridized carbons (Fsp3) is 0.526. The lowest BCUT2D eigenvalue weighted by atomic mass is 10.2. The first-order valence-electron chi connectivity index (χ1n) is 9.21. The lowest BCUT2D eigenvalue weighted by Crippen LogP contribution is -2.43. The Kier molecular flexibility index (Phi) is 3.55. The molecule has 25 heavy (non-hydrogen) atoms. The Balaban J connectivity index is 1.32. The van der Waals surface area contributed by atoms with Gasteiger partial charge in [0.15, 0.2) is 0 Å². The molecule has 5 rings (SSSR count). The van der Waals surface area contributed by atoms with Crippen LogP contribution in [0.5, 0.6) is 0 Å². The summed E-state index contributed by atoms with van der Waals surface area (Å²) in [5.74, 6) is 0.932. The van der Waals surface area contributed by atoms with Crippen LogP contribution in [-0.4, -0.2) is 34.3 Å². The first-order chi connectivity index (χ1) is 12.2. The molecule has 2 aliphatic carbocycles. The van der Waals surface area contributed by atoms with E-state index in [1.165, 1.54) is 17.8 Å². The topological polar surface area (TPSA) is 62.3 Å². The zero-order valence-corrected chi connectivity index (χ0v) is 14.8. The maximum atomic E-state index is 12.7. The van der Waals surface area contributed by atoms with Gasteiger partial charge in [0.25, 0.3) is 0 Å². The van der Waals surface area contributed by atoms with Crippen LogP contribution in [0.15, 0.2) is 18.2 Å². The Morgan fingerprint density at radius 3 is 2.76 bits per heavy atom. The van der Waals surface area contributed by atoms with Gasteiger partial charge in [-0.15, -0.1) is 11.3 Å². The van der Waals surface area contributed by atoms with E-state index >= 15 is 0 Å². The number of hydrogen-bond donors (Lipinski definition) is 1. The molecule has 2 saturated carbocycles. The number of nitrogens with zero attached hydrogens (tertiary/aromatic N) is 2. The Morgan fingerprint density at radius 1 is 1.16 bits per heavy atom. The second-order valence-electron chi connectivity index (χ2n) is 7.46. The third-order valence-electron chi connectivity index (χ3n) is 5.36. The molecule has 1 aromatic carbocycles. The van der Waals surface area contributed by atoms with Crippen LogP contribution in [0.25, 0.3) is 10.2 Å². The highest BCUT2D eigenvalue weighted by Crippen LogP contribution is 2.43. The number of amides is 2. The van der Waals surface area contributed by atoms with Crippen LogP contribution >= 0.6 is 11.3 Å². The fourth-order valence-corrected chi connectivity index (χ4v) is 4.79. The molecule has 1 atom stereocenters. The third kappa shape index (κ3) is 2.92. The van der Waals surface area contributed by atoms with Crippen LogP contribution in [0.2, 0.25) is 0 Å². The van der Waals surface area contributed by atoms with Crippen molar-refractivity contribution in [2.24, 2.45) is 5.92 Å². The predicted octanol–water partition coefficient (Wildman–Crippen LogP) is 3.51. The number of fused-ring (bicyclic) bond motifs is 1. The van der Waals surface area contributed by atoms with Crippen molar-refractivity contribution >= 4 is 39.1 Å². The number of rotatable bonds is 4. The predicted molar refractivity (Wildman–Crippen MR) is 97.7 cm³/mol. The number of nitrogens with one attached hydrogen (secondary N) is 1. The number of carbonyl (C=O) groups excluding carboxylic acids is 2. The fourth-order valence-electron chi connectivity index (χ4n) is 3.62. The lowest BCUT2D eigenvalue weighted by Gasteiger charge is -2.24. The summed E-state index contributed by atoms with van der Waals surface area (Å²) in [6.07, 6.45) is 6.13. The quantitative estimate of drug-likeness (QED) is 0.913. The van der Waals surface area contributed by atoms with Crippen LogP contribution in [0.3, 0.4) is 0 Å². The van der Waals surface area contributed by atoms with Crippen molar-refractivity contribution in [3.8, 4) is 0 Å². The van der Waals surface area contributed by atoms with Gasteiger partial charge in [0.1, 0.15) is 6.04 Å². The van der Waals surface area contributed by atoms with Crippen molar-refractivity contribution < 1.29 is 9.59 Å². The zero-order chi connectivity index (χ0) is 17.0. The van der Waals surface area contributed by atoms with Gasteiger partial charge in [-0.3, -0.25) is 9.59 Å². The summed E-state index contributed by atoms with van der Waals surface area (Å²) >= 11 is 1.73. The maximum Gasteiger partial charge on any atom is 0.247 e. The normalized spacial score (nSPS) is 23.2. The molecule has 3 fully saturated rings. The number of benzene rings is 1. The Hall–Kier alpha value is -1.95. The molecule has 1 N–H and O–H groups in total. The standard InChI is InChI=1S/C19H21N3O2S/c23-17(15-2-1-9-22(15)19(24)12-5-6-12)20-13-7-8-14-16(10-13)25-18(21-14)11-3-4-11/h7-8,10-12,15H,1-6,9H2,(H,20,23). The Labute approximate surface area is 150 Å². The van der Waals surface area contributed by atoms with Gasteiger partial charge < -0.3 is 10.2 Å². The van der Waals surface area contributed by atoms with E-state index in [0.717, 1.165) is 41.6 Å². The molecule has 1 aromatic heterocycles. The van der Waals surface area contributed by atoms with Crippen molar-refractivity contribution in [1.29, 1.82) is 0 Å². The summed E-state index contributed by atoms with van der Waals surface area (Å²) in [5.41, 5.74) is 1.81. The van der Waals surface area contributed by atoms with E-state index < -0.39 is 0 Å². The van der Waals surface area contributed by atoms with Crippen LogP contribution < -0.4 is 5.32 Å². The molecule has 2 aromatic rings. The van der Waals surface area contributed by atoms with Crippen molar-refractivity contribution in [2.75, 3.05) is 11.9 Å². The second kappa shape index (κ2) is 5.80. The summed E-state index contributed by atoms with van der Waals surface area (Å²) in [5, 5.41) is 4.24. The average molecular weight is 355 g/mol. The summed E-state index contributed by atoms with van der Waals surface area (Å²) in [6.45, 7) is 0.714. The van der Waals surface area contributed by atoms with Crippen molar-refractivity contribution in [3.63, 3.8) is 0 Å². The molecule has 1 aliphatic heterocycles. The van der Waals surface area contributed by atoms with Crippen molar-refractivity contribution in [3.05, 3.63) is 23.2 Å². The first kappa shape index (κ1) is 15.3. The molecule has 0 radical (unpaired) electrons. The minimum absolute atomic E-state index is 0.0576. The van der Waals surface area contributed by atoms with E-state index in [1.807, 2.05) is 18.2 Å². The van der Waals surface area contributed by atoms with E-state index in [2.05, 4.69) is 10.3 Å². The molecule has 2 amide bonds.